The van der Waals surface area contributed by atoms with Crippen LogP contribution in [-0.4, -0.2) is 62.0 Å². The number of aliphatic hydroxyl groups is 1. The van der Waals surface area contributed by atoms with E-state index in [0.717, 1.165) is 49.8 Å². The third-order valence-electron chi connectivity index (χ3n) is 6.98. The Morgan fingerprint density at radius 2 is 2.12 bits per heavy atom. The van der Waals surface area contributed by atoms with Crippen molar-refractivity contribution in [1.29, 1.82) is 0 Å². The maximum atomic E-state index is 14.8. The Hall–Kier alpha value is -2.95. The third-order valence-corrected chi connectivity index (χ3v) is 6.98. The summed E-state index contributed by atoms with van der Waals surface area (Å²) in [6.07, 6.45) is 3.81. The van der Waals surface area contributed by atoms with Crippen molar-refractivity contribution in [1.82, 2.24) is 30.0 Å². The zero-order valence-electron chi connectivity index (χ0n) is 18.1. The molecule has 10 heteroatoms. The summed E-state index contributed by atoms with van der Waals surface area (Å²) in [5.74, 6) is 0.0727. The van der Waals surface area contributed by atoms with Crippen molar-refractivity contribution < 1.29 is 14.2 Å². The molecule has 0 saturated carbocycles. The van der Waals surface area contributed by atoms with Gasteiger partial charge in [0.1, 0.15) is 11.4 Å². The van der Waals surface area contributed by atoms with Crippen LogP contribution in [0.5, 0.6) is 5.88 Å². The smallest absolute Gasteiger partial charge is 0.251 e. The van der Waals surface area contributed by atoms with Gasteiger partial charge >= 0.3 is 0 Å². The van der Waals surface area contributed by atoms with Crippen molar-refractivity contribution in [3.8, 4) is 5.88 Å². The fourth-order valence-corrected chi connectivity index (χ4v) is 5.33. The molecule has 0 aliphatic carbocycles. The molecule has 172 valence electrons. The van der Waals surface area contributed by atoms with Gasteiger partial charge in [0.05, 0.1) is 41.6 Å². The standard InChI is InChI=1S/C23H25FN6O3/c24-17-11-26-18-1-2-19(31)30-13-23(32,20(17)21(18)30)12-29-6-3-15(4-7-29)25-10-16-9-14-5-8-33-22(14)28-27-16/h1-2,9,11,15,25,32H,3-8,10,12-13H2/t23-/m0/s1. The molecule has 9 nitrogen and oxygen atoms in total. The first kappa shape index (κ1) is 20.6. The molecule has 3 aromatic rings. The van der Waals surface area contributed by atoms with Gasteiger partial charge in [-0.1, -0.05) is 0 Å². The SMILES string of the molecule is O=c1ccc2ncc(F)c3c2n1C[C@@]3(O)CN1CCC(NCc2cc3c(nn2)OCC3)CC1. The van der Waals surface area contributed by atoms with E-state index < -0.39 is 11.4 Å². The van der Waals surface area contributed by atoms with Crippen LogP contribution in [0.1, 0.15) is 29.7 Å². The van der Waals surface area contributed by atoms with Gasteiger partial charge in [0.2, 0.25) is 5.88 Å². The van der Waals surface area contributed by atoms with E-state index in [2.05, 4.69) is 31.5 Å². The van der Waals surface area contributed by atoms with Gasteiger partial charge in [-0.25, -0.2) is 4.39 Å². The lowest BCUT2D eigenvalue weighted by Crippen LogP contribution is -2.48. The number of rotatable bonds is 5. The molecule has 1 atom stereocenters. The topological polar surface area (TPSA) is 105 Å². The molecule has 0 unspecified atom stereocenters. The molecule has 2 N–H and O–H groups in total. The summed E-state index contributed by atoms with van der Waals surface area (Å²) in [6.45, 7) is 3.16. The van der Waals surface area contributed by atoms with Gasteiger partial charge in [0.15, 0.2) is 0 Å². The number of hydrogen-bond donors (Lipinski definition) is 2. The number of halogens is 1. The summed E-state index contributed by atoms with van der Waals surface area (Å²) in [5, 5.41) is 23.4. The highest BCUT2D eigenvalue weighted by Gasteiger charge is 2.43. The normalized spacial score (nSPS) is 22.6. The maximum Gasteiger partial charge on any atom is 0.251 e. The van der Waals surface area contributed by atoms with Crippen LogP contribution in [0.15, 0.2) is 29.2 Å². The Balaban J connectivity index is 1.10. The fraction of sp³-hybridized carbons (Fsp3) is 0.478. The van der Waals surface area contributed by atoms with E-state index in [1.165, 1.54) is 10.6 Å². The third kappa shape index (κ3) is 3.58. The van der Waals surface area contributed by atoms with E-state index in [1.54, 1.807) is 6.07 Å². The zero-order chi connectivity index (χ0) is 22.6. The average Bonchev–Trinajstić information content (AvgIpc) is 3.40. The molecule has 3 aliphatic heterocycles. The fourth-order valence-electron chi connectivity index (χ4n) is 5.33. The van der Waals surface area contributed by atoms with Crippen LogP contribution in [0.3, 0.4) is 0 Å². The first-order chi connectivity index (χ1) is 16.0. The monoisotopic (exact) mass is 452 g/mol. The molecular formula is C23H25FN6O3. The van der Waals surface area contributed by atoms with Gasteiger partial charge in [0, 0.05) is 37.2 Å². The molecule has 6 heterocycles. The van der Waals surface area contributed by atoms with Crippen molar-refractivity contribution in [2.24, 2.45) is 0 Å². The van der Waals surface area contributed by atoms with Crippen LogP contribution in [0, 0.1) is 5.82 Å². The minimum Gasteiger partial charge on any atom is -0.476 e. The lowest BCUT2D eigenvalue weighted by molar-refractivity contribution is -0.0159. The van der Waals surface area contributed by atoms with Gasteiger partial charge in [0.25, 0.3) is 5.56 Å². The van der Waals surface area contributed by atoms with Gasteiger partial charge < -0.3 is 19.7 Å². The molecule has 3 aliphatic rings. The molecule has 0 spiro atoms. The Labute approximate surface area is 189 Å². The Bertz CT molecular complexity index is 1290. The van der Waals surface area contributed by atoms with Gasteiger partial charge in [-0.3, -0.25) is 14.7 Å². The summed E-state index contributed by atoms with van der Waals surface area (Å²) in [7, 11) is 0. The van der Waals surface area contributed by atoms with Gasteiger partial charge in [-0.05, 0) is 38.1 Å². The minimum atomic E-state index is -1.46. The lowest BCUT2D eigenvalue weighted by Gasteiger charge is -2.37. The highest BCUT2D eigenvalue weighted by atomic mass is 19.1. The van der Waals surface area contributed by atoms with Crippen LogP contribution in [0.25, 0.3) is 11.0 Å². The van der Waals surface area contributed by atoms with Crippen molar-refractivity contribution >= 4 is 11.0 Å². The molecule has 1 saturated heterocycles. The quantitative estimate of drug-likeness (QED) is 0.584. The molecule has 0 amide bonds. The van der Waals surface area contributed by atoms with Crippen molar-refractivity contribution in [2.75, 3.05) is 26.2 Å². The molecule has 3 aromatic heterocycles. The summed E-state index contributed by atoms with van der Waals surface area (Å²) >= 11 is 0. The van der Waals surface area contributed by atoms with E-state index in [0.29, 0.717) is 36.1 Å². The van der Waals surface area contributed by atoms with Gasteiger partial charge in [-0.2, -0.15) is 5.10 Å². The predicted molar refractivity (Wildman–Crippen MR) is 117 cm³/mol. The number of hydrogen-bond acceptors (Lipinski definition) is 8. The van der Waals surface area contributed by atoms with Crippen molar-refractivity contribution in [3.63, 3.8) is 0 Å². The summed E-state index contributed by atoms with van der Waals surface area (Å²) in [4.78, 5) is 18.6. The summed E-state index contributed by atoms with van der Waals surface area (Å²) in [6, 6.07) is 5.38. The highest BCUT2D eigenvalue weighted by Crippen LogP contribution is 2.38. The first-order valence-electron chi connectivity index (χ1n) is 11.4. The van der Waals surface area contributed by atoms with E-state index in [9.17, 15) is 14.3 Å². The highest BCUT2D eigenvalue weighted by molar-refractivity contribution is 5.81. The summed E-state index contributed by atoms with van der Waals surface area (Å²) < 4.78 is 21.6. The number of nitrogens with zero attached hydrogens (tertiary/aromatic N) is 5. The summed E-state index contributed by atoms with van der Waals surface area (Å²) in [5.41, 5.74) is 1.41. The molecule has 1 fully saturated rings. The average molecular weight is 452 g/mol. The number of nitrogens with one attached hydrogen (secondary N) is 1. The van der Waals surface area contributed by atoms with Crippen molar-refractivity contribution in [3.05, 3.63) is 57.4 Å². The van der Waals surface area contributed by atoms with Crippen LogP contribution < -0.4 is 15.6 Å². The van der Waals surface area contributed by atoms with E-state index in [1.807, 2.05) is 0 Å². The molecule has 0 bridgehead atoms. The second-order valence-electron chi connectivity index (χ2n) is 9.20. The number of fused-ring (bicyclic) bond motifs is 1. The molecule has 33 heavy (non-hydrogen) atoms. The zero-order valence-corrected chi connectivity index (χ0v) is 18.1. The van der Waals surface area contributed by atoms with E-state index >= 15 is 0 Å². The van der Waals surface area contributed by atoms with E-state index in [4.69, 9.17) is 4.74 Å². The lowest BCUT2D eigenvalue weighted by atomic mass is 9.93. The number of ether oxygens (including phenoxy) is 1. The largest absolute Gasteiger partial charge is 0.476 e. The van der Waals surface area contributed by atoms with E-state index in [-0.39, 0.29) is 24.2 Å². The number of β-amino-alcohol motifs (C(OH)–C–C–N with tert-alkyl or cyclic N) is 1. The second kappa shape index (κ2) is 7.82. The first-order valence-corrected chi connectivity index (χ1v) is 11.4. The Morgan fingerprint density at radius 1 is 1.27 bits per heavy atom. The molecule has 6 rings (SSSR count). The van der Waals surface area contributed by atoms with Crippen molar-refractivity contribution in [2.45, 2.75) is 44.0 Å². The number of pyridine rings is 2. The predicted octanol–water partition coefficient (Wildman–Crippen LogP) is 0.716. The van der Waals surface area contributed by atoms with Crippen LogP contribution >= 0.6 is 0 Å². The Kier molecular flexibility index (Phi) is 4.89. The number of piperidine rings is 1. The van der Waals surface area contributed by atoms with Gasteiger partial charge in [-0.15, -0.1) is 5.10 Å². The number of aromatic nitrogens is 4. The molecular weight excluding hydrogens is 427 g/mol. The van der Waals surface area contributed by atoms with Crippen LogP contribution in [0.2, 0.25) is 0 Å². The maximum absolute atomic E-state index is 14.8. The number of likely N-dealkylation sites (tertiary alicyclic amines) is 1. The minimum absolute atomic E-state index is 0.0417. The Morgan fingerprint density at radius 3 is 2.97 bits per heavy atom. The van der Waals surface area contributed by atoms with Crippen LogP contribution in [-0.2, 0) is 25.1 Å². The van der Waals surface area contributed by atoms with Crippen LogP contribution in [0.4, 0.5) is 4.39 Å². The molecule has 0 radical (unpaired) electrons. The molecule has 0 aromatic carbocycles. The second-order valence-corrected chi connectivity index (χ2v) is 9.20.